The van der Waals surface area contributed by atoms with Gasteiger partial charge in [-0.25, -0.2) is 17.5 Å². The minimum atomic E-state index is -4.00. The van der Waals surface area contributed by atoms with Crippen LogP contribution in [0.15, 0.2) is 23.1 Å². The van der Waals surface area contributed by atoms with Gasteiger partial charge in [0.15, 0.2) is 0 Å². The van der Waals surface area contributed by atoms with E-state index in [9.17, 15) is 12.8 Å². The lowest BCUT2D eigenvalue weighted by atomic mass is 10.0. The molecule has 0 bridgehead atoms. The van der Waals surface area contributed by atoms with Crippen LogP contribution < -0.4 is 10.5 Å². The number of aliphatic hydroxyl groups excluding tert-OH is 1. The lowest BCUT2D eigenvalue weighted by Crippen LogP contribution is -2.39. The Balaban J connectivity index is 3.06. The molecule has 19 heavy (non-hydrogen) atoms. The molecule has 5 nitrogen and oxygen atoms in total. The summed E-state index contributed by atoms with van der Waals surface area (Å²) in [5.74, 6) is -0.876. The van der Waals surface area contributed by atoms with Gasteiger partial charge < -0.3 is 10.8 Å². The van der Waals surface area contributed by atoms with Crippen molar-refractivity contribution in [3.8, 4) is 0 Å². The molecular formula is C12H19FN2O3S. The number of hydrogen-bond donors (Lipinski definition) is 3. The second kappa shape index (κ2) is 6.31. The number of anilines is 1. The van der Waals surface area contributed by atoms with Crippen molar-refractivity contribution in [1.29, 1.82) is 0 Å². The Bertz CT molecular complexity index is 532. The lowest BCUT2D eigenvalue weighted by molar-refractivity contribution is 0.256. The van der Waals surface area contributed by atoms with E-state index < -0.39 is 26.8 Å². The molecule has 1 aromatic rings. The second-order valence-corrected chi connectivity index (χ2v) is 6.36. The summed E-state index contributed by atoms with van der Waals surface area (Å²) < 4.78 is 40.2. The van der Waals surface area contributed by atoms with Gasteiger partial charge in [0.1, 0.15) is 10.7 Å². The summed E-state index contributed by atoms with van der Waals surface area (Å²) in [6, 6.07) is 2.92. The van der Waals surface area contributed by atoms with Crippen LogP contribution in [0.1, 0.15) is 20.3 Å². The maximum absolute atomic E-state index is 13.6. The monoisotopic (exact) mass is 290 g/mol. The van der Waals surface area contributed by atoms with Crippen LogP contribution in [0.25, 0.3) is 0 Å². The molecule has 1 atom stereocenters. The summed E-state index contributed by atoms with van der Waals surface area (Å²) in [5, 5.41) is 8.92. The molecule has 0 amide bonds. The molecule has 0 spiro atoms. The van der Waals surface area contributed by atoms with Crippen molar-refractivity contribution in [3.63, 3.8) is 0 Å². The number of aliphatic hydroxyl groups is 1. The number of nitrogens with two attached hydrogens (primary N) is 1. The molecule has 108 valence electrons. The van der Waals surface area contributed by atoms with Gasteiger partial charge in [-0.1, -0.05) is 13.8 Å². The van der Waals surface area contributed by atoms with Crippen molar-refractivity contribution >= 4 is 15.7 Å². The van der Waals surface area contributed by atoms with E-state index in [4.69, 9.17) is 10.8 Å². The molecule has 0 saturated carbocycles. The Morgan fingerprint density at radius 3 is 2.58 bits per heavy atom. The first kappa shape index (κ1) is 15.9. The van der Waals surface area contributed by atoms with Gasteiger partial charge in [-0.3, -0.25) is 0 Å². The highest BCUT2D eigenvalue weighted by Crippen LogP contribution is 2.19. The van der Waals surface area contributed by atoms with Crippen molar-refractivity contribution < 1.29 is 17.9 Å². The molecule has 0 aromatic heterocycles. The first-order chi connectivity index (χ1) is 8.77. The van der Waals surface area contributed by atoms with Crippen molar-refractivity contribution in [2.75, 3.05) is 12.3 Å². The number of sulfonamides is 1. The minimum absolute atomic E-state index is 0.0222. The molecule has 1 unspecified atom stereocenters. The van der Waals surface area contributed by atoms with Crippen LogP contribution in [0.2, 0.25) is 0 Å². The first-order valence-electron chi connectivity index (χ1n) is 5.96. The topological polar surface area (TPSA) is 92.4 Å². The van der Waals surface area contributed by atoms with Gasteiger partial charge in [0.05, 0.1) is 0 Å². The van der Waals surface area contributed by atoms with Gasteiger partial charge in [0.25, 0.3) is 0 Å². The average Bonchev–Trinajstić information content (AvgIpc) is 2.31. The smallest absolute Gasteiger partial charge is 0.243 e. The molecule has 4 N–H and O–H groups in total. The molecular weight excluding hydrogens is 271 g/mol. The molecule has 0 aliphatic rings. The van der Waals surface area contributed by atoms with Crippen LogP contribution in [0.5, 0.6) is 0 Å². The van der Waals surface area contributed by atoms with E-state index in [1.807, 2.05) is 13.8 Å². The molecule has 0 radical (unpaired) electrons. The number of nitrogens with one attached hydrogen (secondary N) is 1. The van der Waals surface area contributed by atoms with Crippen molar-refractivity contribution in [2.45, 2.75) is 31.2 Å². The Morgan fingerprint density at radius 1 is 1.42 bits per heavy atom. The molecule has 1 rings (SSSR count). The zero-order valence-electron chi connectivity index (χ0n) is 10.9. The first-order valence-corrected chi connectivity index (χ1v) is 7.44. The molecule has 0 aliphatic carbocycles. The number of benzene rings is 1. The van der Waals surface area contributed by atoms with Gasteiger partial charge in [-0.05, 0) is 30.5 Å². The van der Waals surface area contributed by atoms with Gasteiger partial charge in [-0.2, -0.15) is 0 Å². The largest absolute Gasteiger partial charge is 0.399 e. The number of rotatable bonds is 6. The SMILES string of the molecule is CC(C)C(CCO)NS(=O)(=O)c1cc(N)ccc1F. The van der Waals surface area contributed by atoms with Gasteiger partial charge in [-0.15, -0.1) is 0 Å². The van der Waals surface area contributed by atoms with Crippen LogP contribution in [0.3, 0.4) is 0 Å². The van der Waals surface area contributed by atoms with Crippen LogP contribution in [0, 0.1) is 11.7 Å². The van der Waals surface area contributed by atoms with Crippen LogP contribution in [-0.4, -0.2) is 26.2 Å². The highest BCUT2D eigenvalue weighted by molar-refractivity contribution is 7.89. The van der Waals surface area contributed by atoms with Gasteiger partial charge in [0, 0.05) is 18.3 Å². The Morgan fingerprint density at radius 2 is 2.05 bits per heavy atom. The summed E-state index contributed by atoms with van der Waals surface area (Å²) in [5.41, 5.74) is 5.65. The second-order valence-electron chi connectivity index (χ2n) is 4.67. The van der Waals surface area contributed by atoms with E-state index in [2.05, 4.69) is 4.72 Å². The van der Waals surface area contributed by atoms with Crippen LogP contribution in [-0.2, 0) is 10.0 Å². The maximum Gasteiger partial charge on any atom is 0.243 e. The normalized spacial score (nSPS) is 13.7. The molecule has 0 saturated heterocycles. The summed E-state index contributed by atoms with van der Waals surface area (Å²) in [4.78, 5) is -0.476. The Kier molecular flexibility index (Phi) is 5.28. The number of nitrogen functional groups attached to an aromatic ring is 1. The van der Waals surface area contributed by atoms with Crippen LogP contribution in [0.4, 0.5) is 10.1 Å². The van der Waals surface area contributed by atoms with E-state index in [1.165, 1.54) is 6.07 Å². The summed E-state index contributed by atoms with van der Waals surface area (Å²) >= 11 is 0. The van der Waals surface area contributed by atoms with Gasteiger partial charge >= 0.3 is 0 Å². The number of halogens is 1. The number of hydrogen-bond acceptors (Lipinski definition) is 4. The fourth-order valence-electron chi connectivity index (χ4n) is 1.66. The summed E-state index contributed by atoms with van der Waals surface area (Å²) in [6.45, 7) is 3.49. The van der Waals surface area contributed by atoms with Crippen molar-refractivity contribution in [1.82, 2.24) is 4.72 Å². The quantitative estimate of drug-likeness (QED) is 0.684. The third-order valence-corrected chi connectivity index (χ3v) is 4.30. The van der Waals surface area contributed by atoms with E-state index in [0.29, 0.717) is 0 Å². The molecule has 0 fully saturated rings. The predicted molar refractivity (Wildman–Crippen MR) is 71.5 cm³/mol. The van der Waals surface area contributed by atoms with Gasteiger partial charge in [0.2, 0.25) is 10.0 Å². The fraction of sp³-hybridized carbons (Fsp3) is 0.500. The van der Waals surface area contributed by atoms with Crippen molar-refractivity contribution in [2.24, 2.45) is 5.92 Å². The summed E-state index contributed by atoms with van der Waals surface area (Å²) in [7, 11) is -4.00. The summed E-state index contributed by atoms with van der Waals surface area (Å²) in [6.07, 6.45) is 0.265. The van der Waals surface area contributed by atoms with E-state index >= 15 is 0 Å². The molecule has 1 aromatic carbocycles. The standard InChI is InChI=1S/C12H19FN2O3S/c1-8(2)11(5-6-16)15-19(17,18)12-7-9(14)3-4-10(12)13/h3-4,7-8,11,15-16H,5-6,14H2,1-2H3. The molecule has 0 heterocycles. The Hall–Kier alpha value is -1.18. The third kappa shape index (κ3) is 4.15. The fourth-order valence-corrected chi connectivity index (χ4v) is 3.19. The lowest BCUT2D eigenvalue weighted by Gasteiger charge is -2.21. The minimum Gasteiger partial charge on any atom is -0.399 e. The van der Waals surface area contributed by atoms with E-state index in [1.54, 1.807) is 0 Å². The predicted octanol–water partition coefficient (Wildman–Crippen LogP) is 1.09. The Labute approximate surface area is 112 Å². The highest BCUT2D eigenvalue weighted by Gasteiger charge is 2.24. The van der Waals surface area contributed by atoms with E-state index in [0.717, 1.165) is 12.1 Å². The van der Waals surface area contributed by atoms with E-state index in [-0.39, 0.29) is 24.6 Å². The molecule has 7 heteroatoms. The van der Waals surface area contributed by atoms with Crippen LogP contribution >= 0.6 is 0 Å². The highest BCUT2D eigenvalue weighted by atomic mass is 32.2. The third-order valence-electron chi connectivity index (χ3n) is 2.80. The maximum atomic E-state index is 13.6. The zero-order chi connectivity index (χ0) is 14.6. The average molecular weight is 290 g/mol. The van der Waals surface area contributed by atoms with Crippen molar-refractivity contribution in [3.05, 3.63) is 24.0 Å². The molecule has 0 aliphatic heterocycles. The zero-order valence-corrected chi connectivity index (χ0v) is 11.7.